The van der Waals surface area contributed by atoms with Gasteiger partial charge in [-0.05, 0) is 18.9 Å². The summed E-state index contributed by atoms with van der Waals surface area (Å²) < 4.78 is 24.6. The molecular formula is C15H18FN3O5. The summed E-state index contributed by atoms with van der Waals surface area (Å²) in [5, 5.41) is 10.9. The molecule has 2 aliphatic rings. The second kappa shape index (κ2) is 6.70. The Bertz CT molecular complexity index is 655. The van der Waals surface area contributed by atoms with Crippen molar-refractivity contribution < 1.29 is 23.6 Å². The zero-order valence-electron chi connectivity index (χ0n) is 12.9. The van der Waals surface area contributed by atoms with Crippen LogP contribution in [0.4, 0.5) is 15.8 Å². The summed E-state index contributed by atoms with van der Waals surface area (Å²) >= 11 is 0. The molecule has 24 heavy (non-hydrogen) atoms. The second-order valence-electron chi connectivity index (χ2n) is 5.88. The molecule has 0 atom stereocenters. The Labute approximate surface area is 137 Å². The maximum atomic E-state index is 13.6. The third kappa shape index (κ3) is 3.17. The molecule has 2 N–H and O–H groups in total. The molecule has 3 rings (SSSR count). The van der Waals surface area contributed by atoms with Crippen molar-refractivity contribution in [1.82, 2.24) is 4.90 Å². The number of halogens is 1. The number of ether oxygens (including phenoxy) is 2. The number of hydrogen-bond acceptors (Lipinski definition) is 6. The number of likely N-dealkylation sites (tertiary alicyclic amines) is 1. The van der Waals surface area contributed by atoms with Gasteiger partial charge in [-0.25, -0.2) is 4.39 Å². The maximum absolute atomic E-state index is 13.6. The van der Waals surface area contributed by atoms with Crippen molar-refractivity contribution in [2.24, 2.45) is 5.92 Å². The molecule has 1 aromatic carbocycles. The average Bonchev–Trinajstić information content (AvgIpc) is 3.10. The van der Waals surface area contributed by atoms with Gasteiger partial charge in [0.25, 0.3) is 11.6 Å². The SMILES string of the molecule is Nc1c(C(=O)N2CCC(C3OCCO3)CC2)cc(F)cc1[N+](=O)[O-]. The van der Waals surface area contributed by atoms with Crippen LogP contribution in [0.25, 0.3) is 0 Å². The quantitative estimate of drug-likeness (QED) is 0.508. The van der Waals surface area contributed by atoms with Gasteiger partial charge in [0, 0.05) is 19.0 Å². The fourth-order valence-electron chi connectivity index (χ4n) is 3.13. The minimum Gasteiger partial charge on any atom is -0.393 e. The van der Waals surface area contributed by atoms with E-state index in [9.17, 15) is 19.3 Å². The number of benzene rings is 1. The molecule has 2 heterocycles. The van der Waals surface area contributed by atoms with Crippen LogP contribution in [0.15, 0.2) is 12.1 Å². The predicted octanol–water partition coefficient (Wildman–Crippen LogP) is 1.54. The van der Waals surface area contributed by atoms with Gasteiger partial charge in [-0.15, -0.1) is 0 Å². The third-order valence-electron chi connectivity index (χ3n) is 4.41. The molecule has 0 unspecified atom stereocenters. The normalized spacial score (nSPS) is 19.6. The van der Waals surface area contributed by atoms with Crippen LogP contribution < -0.4 is 5.73 Å². The zero-order chi connectivity index (χ0) is 17.3. The van der Waals surface area contributed by atoms with Gasteiger partial charge in [-0.3, -0.25) is 14.9 Å². The molecule has 0 aliphatic carbocycles. The Morgan fingerprint density at radius 2 is 1.92 bits per heavy atom. The van der Waals surface area contributed by atoms with Gasteiger partial charge in [-0.2, -0.15) is 0 Å². The molecule has 0 saturated carbocycles. The van der Waals surface area contributed by atoms with Gasteiger partial charge < -0.3 is 20.1 Å². The van der Waals surface area contributed by atoms with Gasteiger partial charge in [0.2, 0.25) is 0 Å². The first-order chi connectivity index (χ1) is 11.5. The minimum absolute atomic E-state index is 0.173. The first-order valence-electron chi connectivity index (χ1n) is 7.73. The number of nitro groups is 1. The van der Waals surface area contributed by atoms with E-state index in [-0.39, 0.29) is 23.5 Å². The number of nitrogen functional groups attached to an aromatic ring is 1. The number of nitrogens with two attached hydrogens (primary N) is 1. The number of amides is 1. The molecule has 1 aromatic rings. The highest BCUT2D eigenvalue weighted by molar-refractivity contribution is 6.01. The monoisotopic (exact) mass is 339 g/mol. The molecule has 9 heteroatoms. The lowest BCUT2D eigenvalue weighted by Gasteiger charge is -2.34. The molecule has 8 nitrogen and oxygen atoms in total. The van der Waals surface area contributed by atoms with Crippen LogP contribution in [0.2, 0.25) is 0 Å². The van der Waals surface area contributed by atoms with Crippen molar-refractivity contribution in [3.8, 4) is 0 Å². The number of nitrogens with zero attached hydrogens (tertiary/aromatic N) is 2. The van der Waals surface area contributed by atoms with Crippen LogP contribution in [0.1, 0.15) is 23.2 Å². The van der Waals surface area contributed by atoms with Crippen molar-refractivity contribution in [2.45, 2.75) is 19.1 Å². The van der Waals surface area contributed by atoms with Crippen molar-refractivity contribution in [3.63, 3.8) is 0 Å². The lowest BCUT2D eigenvalue weighted by Crippen LogP contribution is -2.41. The topological polar surface area (TPSA) is 108 Å². The van der Waals surface area contributed by atoms with Gasteiger partial charge >= 0.3 is 0 Å². The van der Waals surface area contributed by atoms with E-state index in [1.165, 1.54) is 4.90 Å². The summed E-state index contributed by atoms with van der Waals surface area (Å²) in [6, 6.07) is 1.66. The zero-order valence-corrected chi connectivity index (χ0v) is 12.9. The van der Waals surface area contributed by atoms with Crippen LogP contribution in [-0.2, 0) is 9.47 Å². The molecule has 130 valence electrons. The third-order valence-corrected chi connectivity index (χ3v) is 4.41. The van der Waals surface area contributed by atoms with Crippen molar-refractivity contribution in [3.05, 3.63) is 33.6 Å². The van der Waals surface area contributed by atoms with Gasteiger partial charge in [0.15, 0.2) is 6.29 Å². The maximum Gasteiger partial charge on any atom is 0.295 e. The minimum atomic E-state index is -0.859. The number of nitro benzene ring substituents is 1. The van der Waals surface area contributed by atoms with E-state index in [1.807, 2.05) is 0 Å². The standard InChI is InChI=1S/C15H18FN3O5/c16-10-7-11(13(17)12(8-10)19(21)22)14(20)18-3-1-9(2-4-18)15-23-5-6-24-15/h7-9,15H,1-6,17H2. The number of carbonyl (C=O) groups excluding carboxylic acids is 1. The summed E-state index contributed by atoms with van der Waals surface area (Å²) in [6.45, 7) is 2.04. The van der Waals surface area contributed by atoms with E-state index in [0.29, 0.717) is 45.2 Å². The Morgan fingerprint density at radius 3 is 2.50 bits per heavy atom. The molecule has 0 radical (unpaired) electrons. The largest absolute Gasteiger partial charge is 0.393 e. The van der Waals surface area contributed by atoms with E-state index >= 15 is 0 Å². The summed E-state index contributed by atoms with van der Waals surface area (Å²) in [7, 11) is 0. The Balaban J connectivity index is 1.72. The van der Waals surface area contributed by atoms with E-state index in [1.54, 1.807) is 0 Å². The number of piperidine rings is 1. The predicted molar refractivity (Wildman–Crippen MR) is 81.8 cm³/mol. The highest BCUT2D eigenvalue weighted by Crippen LogP contribution is 2.30. The summed E-state index contributed by atoms with van der Waals surface area (Å²) in [5.74, 6) is -1.15. The first kappa shape index (κ1) is 16.6. The van der Waals surface area contributed by atoms with Crippen molar-refractivity contribution in [1.29, 1.82) is 0 Å². The van der Waals surface area contributed by atoms with Crippen LogP contribution >= 0.6 is 0 Å². The summed E-state index contributed by atoms with van der Waals surface area (Å²) in [6.07, 6.45) is 1.14. The lowest BCUT2D eigenvalue weighted by atomic mass is 9.95. The lowest BCUT2D eigenvalue weighted by molar-refractivity contribution is -0.384. The molecule has 0 spiro atoms. The molecule has 1 amide bonds. The van der Waals surface area contributed by atoms with Crippen LogP contribution in [0, 0.1) is 21.8 Å². The number of carbonyl (C=O) groups is 1. The Morgan fingerprint density at radius 1 is 1.29 bits per heavy atom. The van der Waals surface area contributed by atoms with E-state index < -0.39 is 22.3 Å². The summed E-state index contributed by atoms with van der Waals surface area (Å²) in [5.41, 5.74) is 4.61. The first-order valence-corrected chi connectivity index (χ1v) is 7.73. The van der Waals surface area contributed by atoms with Crippen LogP contribution in [0.5, 0.6) is 0 Å². The average molecular weight is 339 g/mol. The highest BCUT2D eigenvalue weighted by atomic mass is 19.1. The van der Waals surface area contributed by atoms with Gasteiger partial charge in [-0.1, -0.05) is 0 Å². The van der Waals surface area contributed by atoms with E-state index in [2.05, 4.69) is 0 Å². The number of anilines is 1. The molecule has 2 saturated heterocycles. The van der Waals surface area contributed by atoms with E-state index in [0.717, 1.165) is 6.07 Å². The molecule has 2 aliphatic heterocycles. The van der Waals surface area contributed by atoms with E-state index in [4.69, 9.17) is 15.2 Å². The Kier molecular flexibility index (Phi) is 4.63. The number of hydrogen-bond donors (Lipinski definition) is 1. The smallest absolute Gasteiger partial charge is 0.295 e. The second-order valence-corrected chi connectivity index (χ2v) is 5.88. The summed E-state index contributed by atoms with van der Waals surface area (Å²) in [4.78, 5) is 24.2. The highest BCUT2D eigenvalue weighted by Gasteiger charge is 2.33. The fourth-order valence-corrected chi connectivity index (χ4v) is 3.13. The van der Waals surface area contributed by atoms with Crippen molar-refractivity contribution in [2.75, 3.05) is 32.0 Å². The van der Waals surface area contributed by atoms with Crippen LogP contribution in [-0.4, -0.2) is 48.3 Å². The van der Waals surface area contributed by atoms with Gasteiger partial charge in [0.1, 0.15) is 11.5 Å². The Hall–Kier alpha value is -2.26. The van der Waals surface area contributed by atoms with Crippen molar-refractivity contribution >= 4 is 17.3 Å². The fraction of sp³-hybridized carbons (Fsp3) is 0.533. The molecule has 0 aromatic heterocycles. The van der Waals surface area contributed by atoms with Crippen LogP contribution in [0.3, 0.4) is 0 Å². The molecule has 0 bridgehead atoms. The van der Waals surface area contributed by atoms with Gasteiger partial charge in [0.05, 0.1) is 29.8 Å². The molecular weight excluding hydrogens is 321 g/mol. The number of rotatable bonds is 3. The molecule has 2 fully saturated rings.